The second kappa shape index (κ2) is 12.4. The van der Waals surface area contributed by atoms with Crippen molar-refractivity contribution in [2.45, 2.75) is 52.2 Å². The molecule has 11 nitrogen and oxygen atoms in total. The molecule has 1 aromatic carbocycles. The van der Waals surface area contributed by atoms with Gasteiger partial charge in [-0.3, -0.25) is 4.79 Å². The van der Waals surface area contributed by atoms with E-state index in [4.69, 9.17) is 31.1 Å². The third-order valence-corrected chi connectivity index (χ3v) is 7.06. The molecule has 1 saturated heterocycles. The van der Waals surface area contributed by atoms with E-state index in [1.807, 2.05) is 13.0 Å². The Morgan fingerprint density at radius 3 is 2.73 bits per heavy atom. The third kappa shape index (κ3) is 6.72. The highest BCUT2D eigenvalue weighted by molar-refractivity contribution is 5.76. The number of benzene rings is 1. The number of hydrazine groups is 1. The predicted octanol–water partition coefficient (Wildman–Crippen LogP) is 3.04. The van der Waals surface area contributed by atoms with Crippen LogP contribution in [-0.2, 0) is 27.2 Å². The van der Waals surface area contributed by atoms with Gasteiger partial charge in [-0.1, -0.05) is 18.2 Å². The zero-order valence-corrected chi connectivity index (χ0v) is 23.5. The maximum absolute atomic E-state index is 12.6. The molecule has 1 aliphatic heterocycles. The Bertz CT molecular complexity index is 1390. The summed E-state index contributed by atoms with van der Waals surface area (Å²) in [7, 11) is 0. The summed E-state index contributed by atoms with van der Waals surface area (Å²) in [5.74, 6) is 6.90. The highest BCUT2D eigenvalue weighted by Crippen LogP contribution is 2.32. The largest absolute Gasteiger partial charge is 0.508 e. The van der Waals surface area contributed by atoms with Crippen LogP contribution in [0.1, 0.15) is 49.2 Å². The molecule has 1 fully saturated rings. The molecule has 0 atom stereocenters. The number of nitrogens with zero attached hydrogens (tertiary/aromatic N) is 5. The minimum absolute atomic E-state index is 0.0973. The second-order valence-electron chi connectivity index (χ2n) is 10.2. The first-order chi connectivity index (χ1) is 19.1. The lowest BCUT2D eigenvalue weighted by molar-refractivity contribution is -0.142. The number of fused-ring (bicyclic) bond motifs is 1. The first-order valence-corrected chi connectivity index (χ1v) is 13.4. The van der Waals surface area contributed by atoms with Gasteiger partial charge in [0.05, 0.1) is 43.2 Å². The molecular formula is C29H39N7O4. The third-order valence-electron chi connectivity index (χ3n) is 7.06. The van der Waals surface area contributed by atoms with E-state index in [0.29, 0.717) is 35.8 Å². The molecule has 3 heterocycles. The van der Waals surface area contributed by atoms with Crippen LogP contribution in [-0.4, -0.2) is 62.6 Å². The number of esters is 1. The fraction of sp³-hybridized carbons (Fsp3) is 0.414. The number of aromatic nitrogens is 3. The highest BCUT2D eigenvalue weighted by atomic mass is 16.5. The fourth-order valence-electron chi connectivity index (χ4n) is 4.92. The van der Waals surface area contributed by atoms with Crippen molar-refractivity contribution in [2.24, 2.45) is 11.6 Å². The summed E-state index contributed by atoms with van der Waals surface area (Å²) < 4.78 is 13.1. The van der Waals surface area contributed by atoms with Gasteiger partial charge >= 0.3 is 5.97 Å². The van der Waals surface area contributed by atoms with E-state index < -0.39 is 0 Å². The van der Waals surface area contributed by atoms with Crippen LogP contribution in [0, 0.1) is 6.92 Å². The summed E-state index contributed by atoms with van der Waals surface area (Å²) in [6.45, 7) is 12.1. The summed E-state index contributed by atoms with van der Waals surface area (Å²) in [5.41, 5.74) is 9.89. The van der Waals surface area contributed by atoms with Crippen LogP contribution in [0.15, 0.2) is 49.2 Å². The molecule has 1 aliphatic rings. The SMILES string of the molecule is C=CCOC1(C)CCN(c2c(CC(=O)OCC)c(C)nc3cc(CN(N)/C=C(\N)c4cccc(O)c4)nn23)CC1. The number of aryl methyl sites for hydroxylation is 1. The zero-order valence-electron chi connectivity index (χ0n) is 23.5. The lowest BCUT2D eigenvalue weighted by atomic mass is 9.93. The fourth-order valence-corrected chi connectivity index (χ4v) is 4.92. The van der Waals surface area contributed by atoms with Crippen LogP contribution in [0.3, 0.4) is 0 Å². The maximum atomic E-state index is 12.6. The van der Waals surface area contributed by atoms with Crippen molar-refractivity contribution < 1.29 is 19.4 Å². The first-order valence-electron chi connectivity index (χ1n) is 13.4. The van der Waals surface area contributed by atoms with Gasteiger partial charge < -0.3 is 30.2 Å². The number of hydrogen-bond donors (Lipinski definition) is 3. The van der Waals surface area contributed by atoms with Crippen molar-refractivity contribution in [3.8, 4) is 5.75 Å². The number of carbonyl (C=O) groups excluding carboxylic acids is 1. The molecule has 5 N–H and O–H groups in total. The second-order valence-corrected chi connectivity index (χ2v) is 10.2. The van der Waals surface area contributed by atoms with Crippen LogP contribution < -0.4 is 16.5 Å². The van der Waals surface area contributed by atoms with Crippen LogP contribution >= 0.6 is 0 Å². The minimum atomic E-state index is -0.308. The Labute approximate surface area is 234 Å². The molecule has 11 heteroatoms. The molecule has 4 rings (SSSR count). The number of phenols is 1. The van der Waals surface area contributed by atoms with Crippen molar-refractivity contribution in [1.29, 1.82) is 0 Å². The Hall–Kier alpha value is -4.09. The van der Waals surface area contributed by atoms with Gasteiger partial charge in [0.1, 0.15) is 11.6 Å². The average molecular weight is 550 g/mol. The number of rotatable bonds is 11. The molecule has 40 heavy (non-hydrogen) atoms. The van der Waals surface area contributed by atoms with Crippen LogP contribution in [0.4, 0.5) is 5.82 Å². The molecule has 0 aliphatic carbocycles. The molecule has 0 saturated carbocycles. The predicted molar refractivity (Wildman–Crippen MR) is 154 cm³/mol. The summed E-state index contributed by atoms with van der Waals surface area (Å²) >= 11 is 0. The molecule has 0 bridgehead atoms. The number of piperidine rings is 1. The van der Waals surface area contributed by atoms with E-state index in [2.05, 4.69) is 18.4 Å². The number of carbonyl (C=O) groups is 1. The topological polar surface area (TPSA) is 144 Å². The van der Waals surface area contributed by atoms with Crippen molar-refractivity contribution in [2.75, 3.05) is 31.2 Å². The number of nitrogens with two attached hydrogens (primary N) is 2. The first kappa shape index (κ1) is 28.9. The van der Waals surface area contributed by atoms with Gasteiger partial charge in [0.2, 0.25) is 0 Å². The summed E-state index contributed by atoms with van der Waals surface area (Å²) in [6.07, 6.45) is 5.08. The van der Waals surface area contributed by atoms with Gasteiger partial charge in [-0.15, -0.1) is 6.58 Å². The zero-order chi connectivity index (χ0) is 28.9. The average Bonchev–Trinajstić information content (AvgIpc) is 3.30. The van der Waals surface area contributed by atoms with Crippen molar-refractivity contribution in [3.05, 3.63) is 71.7 Å². The monoisotopic (exact) mass is 549 g/mol. The van der Waals surface area contributed by atoms with Crippen LogP contribution in [0.5, 0.6) is 5.75 Å². The number of phenolic OH excluding ortho intramolecular Hbond substituents is 1. The minimum Gasteiger partial charge on any atom is -0.508 e. The van der Waals surface area contributed by atoms with E-state index in [0.717, 1.165) is 43.0 Å². The Morgan fingerprint density at radius 2 is 2.05 bits per heavy atom. The maximum Gasteiger partial charge on any atom is 0.310 e. The van der Waals surface area contributed by atoms with Gasteiger partial charge in [0.25, 0.3) is 0 Å². The van der Waals surface area contributed by atoms with Gasteiger partial charge in [-0.2, -0.15) is 9.61 Å². The number of anilines is 1. The Morgan fingerprint density at radius 1 is 1.30 bits per heavy atom. The molecule has 214 valence electrons. The van der Waals surface area contributed by atoms with Crippen LogP contribution in [0.25, 0.3) is 11.3 Å². The molecule has 0 radical (unpaired) electrons. The lowest BCUT2D eigenvalue weighted by Crippen LogP contribution is -2.45. The van der Waals surface area contributed by atoms with Gasteiger partial charge in [-0.25, -0.2) is 10.8 Å². The van der Waals surface area contributed by atoms with E-state index in [9.17, 15) is 9.90 Å². The van der Waals surface area contributed by atoms with E-state index in [1.54, 1.807) is 48.0 Å². The van der Waals surface area contributed by atoms with Gasteiger partial charge in [0.15, 0.2) is 5.65 Å². The summed E-state index contributed by atoms with van der Waals surface area (Å²) in [5, 5.41) is 16.0. The molecule has 0 amide bonds. The standard InChI is InChI=1S/C29H39N7O4/c1-5-14-40-29(4)10-12-34(13-11-29)28-24(17-27(38)39-6-2)20(3)32-26-16-22(33-36(26)28)18-35(31)19-25(30)21-8-7-9-23(37)15-21/h5,7-9,15-16,19,37H,1,6,10-14,17-18,30-31H2,2-4H3/b25-19-. The smallest absolute Gasteiger partial charge is 0.310 e. The van der Waals surface area contributed by atoms with Crippen molar-refractivity contribution in [1.82, 2.24) is 19.6 Å². The van der Waals surface area contributed by atoms with E-state index >= 15 is 0 Å². The van der Waals surface area contributed by atoms with Crippen molar-refractivity contribution >= 4 is 23.1 Å². The van der Waals surface area contributed by atoms with Crippen LogP contribution in [0.2, 0.25) is 0 Å². The van der Waals surface area contributed by atoms with E-state index in [1.165, 1.54) is 5.01 Å². The number of aromatic hydroxyl groups is 1. The Kier molecular flexibility index (Phi) is 8.96. The van der Waals surface area contributed by atoms with Crippen molar-refractivity contribution in [3.63, 3.8) is 0 Å². The quantitative estimate of drug-likeness (QED) is 0.141. The molecular weight excluding hydrogens is 510 g/mol. The molecule has 3 aromatic rings. The molecule has 2 aromatic heterocycles. The molecule has 0 spiro atoms. The van der Waals surface area contributed by atoms with Gasteiger partial charge in [-0.05, 0) is 45.7 Å². The molecule has 0 unspecified atom stereocenters. The highest BCUT2D eigenvalue weighted by Gasteiger charge is 2.33. The van der Waals surface area contributed by atoms with Gasteiger partial charge in [0, 0.05) is 42.2 Å². The normalized spacial score (nSPS) is 15.3. The number of hydrogen-bond acceptors (Lipinski definition) is 10. The Balaban J connectivity index is 1.65. The number of ether oxygens (including phenoxy) is 2. The van der Waals surface area contributed by atoms with E-state index in [-0.39, 0.29) is 30.3 Å². The summed E-state index contributed by atoms with van der Waals surface area (Å²) in [6, 6.07) is 8.53. The lowest BCUT2D eigenvalue weighted by Gasteiger charge is -2.40. The summed E-state index contributed by atoms with van der Waals surface area (Å²) in [4.78, 5) is 19.6.